The van der Waals surface area contributed by atoms with Crippen molar-refractivity contribution in [1.29, 1.82) is 0 Å². The van der Waals surface area contributed by atoms with E-state index >= 15 is 0 Å². The van der Waals surface area contributed by atoms with E-state index in [1.165, 1.54) is 5.01 Å². The van der Waals surface area contributed by atoms with Gasteiger partial charge < -0.3 is 4.57 Å². The highest BCUT2D eigenvalue weighted by Gasteiger charge is 2.34. The minimum absolute atomic E-state index is 0.135. The Labute approximate surface area is 135 Å². The Morgan fingerprint density at radius 1 is 1.14 bits per heavy atom. The molecule has 0 aliphatic carbocycles. The van der Waals surface area contributed by atoms with Crippen LogP contribution >= 0.6 is 22.6 Å². The molecular weight excluding hydrogens is 381 g/mol. The number of carbonyl (C=O) groups is 2. The Hall–Kier alpha value is -2.09. The van der Waals surface area contributed by atoms with Crippen LogP contribution in [0.3, 0.4) is 0 Å². The monoisotopic (exact) mass is 393 g/mol. The van der Waals surface area contributed by atoms with Crippen LogP contribution in [-0.2, 0) is 16.6 Å². The van der Waals surface area contributed by atoms with Crippen molar-refractivity contribution < 1.29 is 9.59 Å². The standard InChI is InChI=1S/C15H12IN3O2/c1-18-8-2-3-12(18)9-13-14(20)17-19(15(13)21)11-6-4-10(16)5-7-11/h2-9H,1H3,(H,17,20)/b13-9-. The van der Waals surface area contributed by atoms with Gasteiger partial charge in [-0.15, -0.1) is 0 Å². The summed E-state index contributed by atoms with van der Waals surface area (Å²) in [6, 6.07) is 11.1. The first-order valence-electron chi connectivity index (χ1n) is 6.30. The first-order chi connectivity index (χ1) is 10.1. The van der Waals surface area contributed by atoms with Gasteiger partial charge in [0.15, 0.2) is 0 Å². The zero-order valence-electron chi connectivity index (χ0n) is 11.2. The molecule has 0 spiro atoms. The highest BCUT2D eigenvalue weighted by molar-refractivity contribution is 14.1. The van der Waals surface area contributed by atoms with Crippen molar-refractivity contribution in [2.75, 3.05) is 5.01 Å². The molecule has 2 aromatic rings. The third kappa shape index (κ3) is 2.58. The van der Waals surface area contributed by atoms with Gasteiger partial charge in [-0.05, 0) is 65.1 Å². The number of benzene rings is 1. The summed E-state index contributed by atoms with van der Waals surface area (Å²) in [4.78, 5) is 24.4. The molecule has 106 valence electrons. The van der Waals surface area contributed by atoms with Crippen LogP contribution in [0, 0.1) is 3.57 Å². The molecule has 0 saturated carbocycles. The number of carbonyl (C=O) groups excluding carboxylic acids is 2. The lowest BCUT2D eigenvalue weighted by molar-refractivity contribution is -0.117. The van der Waals surface area contributed by atoms with Crippen molar-refractivity contribution in [2.45, 2.75) is 0 Å². The normalized spacial score (nSPS) is 16.7. The van der Waals surface area contributed by atoms with Crippen molar-refractivity contribution in [1.82, 2.24) is 9.99 Å². The Bertz CT molecular complexity index is 747. The van der Waals surface area contributed by atoms with Gasteiger partial charge in [-0.2, -0.15) is 0 Å². The van der Waals surface area contributed by atoms with E-state index in [9.17, 15) is 9.59 Å². The second-order valence-corrected chi connectivity index (χ2v) is 5.91. The molecular formula is C15H12IN3O2. The first-order valence-corrected chi connectivity index (χ1v) is 7.38. The summed E-state index contributed by atoms with van der Waals surface area (Å²) < 4.78 is 2.91. The SMILES string of the molecule is Cn1cccc1/C=C1/C(=O)NN(c2ccc(I)cc2)C1=O. The lowest BCUT2D eigenvalue weighted by Crippen LogP contribution is -2.35. The van der Waals surface area contributed by atoms with Crippen molar-refractivity contribution >= 4 is 46.2 Å². The van der Waals surface area contributed by atoms with Crippen LogP contribution in [0.4, 0.5) is 5.69 Å². The fraction of sp³-hybridized carbons (Fsp3) is 0.0667. The molecule has 1 aliphatic heterocycles. The number of rotatable bonds is 2. The second kappa shape index (κ2) is 5.36. The molecule has 1 fully saturated rings. The molecule has 0 radical (unpaired) electrons. The maximum Gasteiger partial charge on any atom is 0.282 e. The number of anilines is 1. The molecule has 1 saturated heterocycles. The van der Waals surface area contributed by atoms with Crippen molar-refractivity contribution in [3.63, 3.8) is 0 Å². The maximum atomic E-state index is 12.4. The Morgan fingerprint density at radius 2 is 1.86 bits per heavy atom. The second-order valence-electron chi connectivity index (χ2n) is 4.66. The largest absolute Gasteiger partial charge is 0.351 e. The number of aryl methyl sites for hydroxylation is 1. The van der Waals surface area contributed by atoms with Gasteiger partial charge in [0.2, 0.25) is 0 Å². The van der Waals surface area contributed by atoms with Crippen LogP contribution in [0.2, 0.25) is 0 Å². The Morgan fingerprint density at radius 3 is 2.48 bits per heavy atom. The summed E-state index contributed by atoms with van der Waals surface area (Å²) in [6.07, 6.45) is 3.46. The van der Waals surface area contributed by atoms with Crippen LogP contribution in [-0.4, -0.2) is 16.4 Å². The summed E-state index contributed by atoms with van der Waals surface area (Å²) in [5.41, 5.74) is 4.17. The molecule has 1 N–H and O–H groups in total. The Kier molecular flexibility index (Phi) is 3.54. The van der Waals surface area contributed by atoms with E-state index in [4.69, 9.17) is 0 Å². The first kappa shape index (κ1) is 13.9. The molecule has 5 nitrogen and oxygen atoms in total. The molecule has 2 heterocycles. The number of aromatic nitrogens is 1. The average Bonchev–Trinajstić information content (AvgIpc) is 2.98. The number of amides is 2. The summed E-state index contributed by atoms with van der Waals surface area (Å²) in [5, 5.41) is 1.27. The van der Waals surface area contributed by atoms with Gasteiger partial charge in [-0.1, -0.05) is 0 Å². The predicted octanol–water partition coefficient (Wildman–Crippen LogP) is 2.09. The average molecular weight is 393 g/mol. The fourth-order valence-electron chi connectivity index (χ4n) is 2.10. The van der Waals surface area contributed by atoms with Gasteiger partial charge in [0.25, 0.3) is 11.8 Å². The lowest BCUT2D eigenvalue weighted by atomic mass is 10.2. The molecule has 1 aromatic heterocycles. The highest BCUT2D eigenvalue weighted by atomic mass is 127. The zero-order valence-corrected chi connectivity index (χ0v) is 13.4. The molecule has 6 heteroatoms. The molecule has 1 aliphatic rings. The summed E-state index contributed by atoms with van der Waals surface area (Å²) in [5.74, 6) is -0.734. The van der Waals surface area contributed by atoms with Gasteiger partial charge in [0.05, 0.1) is 5.69 Å². The van der Waals surface area contributed by atoms with Crippen molar-refractivity contribution in [2.24, 2.45) is 7.05 Å². The number of hydrogen-bond acceptors (Lipinski definition) is 2. The summed E-state index contributed by atoms with van der Waals surface area (Å²) >= 11 is 2.19. The Balaban J connectivity index is 1.94. The van der Waals surface area contributed by atoms with Crippen molar-refractivity contribution in [3.05, 3.63) is 57.4 Å². The van der Waals surface area contributed by atoms with E-state index in [2.05, 4.69) is 28.0 Å². The van der Waals surface area contributed by atoms with Crippen molar-refractivity contribution in [3.8, 4) is 0 Å². The maximum absolute atomic E-state index is 12.4. The molecule has 3 rings (SSSR count). The van der Waals surface area contributed by atoms with Crippen LogP contribution in [0.1, 0.15) is 5.69 Å². The van der Waals surface area contributed by atoms with Crippen LogP contribution in [0.15, 0.2) is 48.2 Å². The molecule has 1 aromatic carbocycles. The highest BCUT2D eigenvalue weighted by Crippen LogP contribution is 2.22. The minimum Gasteiger partial charge on any atom is -0.351 e. The van der Waals surface area contributed by atoms with Gasteiger partial charge in [-0.3, -0.25) is 15.0 Å². The predicted molar refractivity (Wildman–Crippen MR) is 88.2 cm³/mol. The van der Waals surface area contributed by atoms with Gasteiger partial charge >= 0.3 is 0 Å². The number of nitrogens with one attached hydrogen (secondary N) is 1. The summed E-state index contributed by atoms with van der Waals surface area (Å²) in [7, 11) is 1.86. The number of nitrogens with zero attached hydrogens (tertiary/aromatic N) is 2. The topological polar surface area (TPSA) is 54.3 Å². The molecule has 0 atom stereocenters. The van der Waals surface area contributed by atoms with E-state index in [-0.39, 0.29) is 17.4 Å². The van der Waals surface area contributed by atoms with E-state index in [0.717, 1.165) is 9.26 Å². The smallest absolute Gasteiger partial charge is 0.282 e. The van der Waals surface area contributed by atoms with E-state index in [0.29, 0.717) is 5.69 Å². The van der Waals surface area contributed by atoms with E-state index in [1.54, 1.807) is 18.2 Å². The number of hydrogen-bond donors (Lipinski definition) is 1. The molecule has 21 heavy (non-hydrogen) atoms. The fourth-order valence-corrected chi connectivity index (χ4v) is 2.46. The lowest BCUT2D eigenvalue weighted by Gasteiger charge is -2.14. The molecule has 2 amide bonds. The zero-order chi connectivity index (χ0) is 15.0. The van der Waals surface area contributed by atoms with Crippen LogP contribution < -0.4 is 10.4 Å². The third-order valence-corrected chi connectivity index (χ3v) is 3.97. The summed E-state index contributed by atoms with van der Waals surface area (Å²) in [6.45, 7) is 0. The van der Waals surface area contributed by atoms with Gasteiger partial charge in [0, 0.05) is 22.5 Å². The molecule has 0 unspecified atom stereocenters. The van der Waals surface area contributed by atoms with Crippen LogP contribution in [0.5, 0.6) is 0 Å². The minimum atomic E-state index is -0.389. The molecule has 0 bridgehead atoms. The number of hydrazine groups is 1. The van der Waals surface area contributed by atoms with Crippen LogP contribution in [0.25, 0.3) is 6.08 Å². The van der Waals surface area contributed by atoms with E-state index in [1.807, 2.05) is 42.1 Å². The van der Waals surface area contributed by atoms with E-state index < -0.39 is 0 Å². The quantitative estimate of drug-likeness (QED) is 0.483. The third-order valence-electron chi connectivity index (χ3n) is 3.25. The van der Waals surface area contributed by atoms with Gasteiger partial charge in [0.1, 0.15) is 5.57 Å². The number of halogens is 1. The van der Waals surface area contributed by atoms with Gasteiger partial charge in [-0.25, -0.2) is 5.01 Å².